The quantitative estimate of drug-likeness (QED) is 0.774. The monoisotopic (exact) mass is 419 g/mol. The van der Waals surface area contributed by atoms with Gasteiger partial charge < -0.3 is 10.8 Å². The number of benzene rings is 1. The highest BCUT2D eigenvalue weighted by Gasteiger charge is 2.38. The fourth-order valence-electron chi connectivity index (χ4n) is 4.09. The van der Waals surface area contributed by atoms with Crippen molar-refractivity contribution in [2.45, 2.75) is 37.1 Å². The molecule has 1 fully saturated rings. The first-order valence-electron chi connectivity index (χ1n) is 9.27. The van der Waals surface area contributed by atoms with E-state index in [1.807, 2.05) is 12.1 Å². The Balaban J connectivity index is 1.65. The summed E-state index contributed by atoms with van der Waals surface area (Å²) in [5.41, 5.74) is 8.20. The number of nitrogens with zero attached hydrogens (tertiary/aromatic N) is 2. The van der Waals surface area contributed by atoms with E-state index in [4.69, 9.17) is 17.3 Å². The molecule has 1 aliphatic carbocycles. The summed E-state index contributed by atoms with van der Waals surface area (Å²) >= 11 is 6.43. The number of fused-ring (bicyclic) bond motifs is 1. The lowest BCUT2D eigenvalue weighted by molar-refractivity contribution is 0.151. The molecule has 28 heavy (non-hydrogen) atoms. The Morgan fingerprint density at radius 3 is 2.61 bits per heavy atom. The van der Waals surface area contributed by atoms with Gasteiger partial charge in [-0.2, -0.15) is 0 Å². The standard InChI is InChI=1S/C20H22ClN3O3S/c21-16-9-14(28(26,27)12-20(11-25)7-1-2-8-20)4-5-15(16)17-6-3-13-10-23-19(22)18(13)24-17/h3-6,9,25H,1-2,7-8,10-12H2,(H2,22,23). The molecule has 1 saturated carbocycles. The minimum Gasteiger partial charge on any atom is -0.396 e. The zero-order valence-electron chi connectivity index (χ0n) is 15.4. The predicted molar refractivity (Wildman–Crippen MR) is 109 cm³/mol. The molecule has 0 atom stereocenters. The molecule has 2 aromatic rings. The SMILES string of the molecule is NC1=NCc2ccc(-c3ccc(S(=O)(=O)CC4(CO)CCCC4)cc3Cl)nc21. The van der Waals surface area contributed by atoms with Gasteiger partial charge in [0.05, 0.1) is 27.9 Å². The van der Waals surface area contributed by atoms with Gasteiger partial charge in [0.1, 0.15) is 11.5 Å². The van der Waals surface area contributed by atoms with Gasteiger partial charge in [-0.25, -0.2) is 13.4 Å². The van der Waals surface area contributed by atoms with Gasteiger partial charge in [0.15, 0.2) is 9.84 Å². The number of sulfone groups is 1. The number of hydrogen-bond acceptors (Lipinski definition) is 6. The third-order valence-corrected chi connectivity index (χ3v) is 7.99. The van der Waals surface area contributed by atoms with E-state index in [0.717, 1.165) is 31.2 Å². The third kappa shape index (κ3) is 3.43. The molecule has 0 unspecified atom stereocenters. The van der Waals surface area contributed by atoms with Crippen molar-refractivity contribution in [2.75, 3.05) is 12.4 Å². The first-order chi connectivity index (χ1) is 13.3. The number of aliphatic hydroxyl groups excluding tert-OH is 1. The van der Waals surface area contributed by atoms with Crippen LogP contribution in [0.3, 0.4) is 0 Å². The third-order valence-electron chi connectivity index (χ3n) is 5.71. The molecule has 3 N–H and O–H groups in total. The molecule has 8 heteroatoms. The van der Waals surface area contributed by atoms with Crippen molar-refractivity contribution in [3.05, 3.63) is 46.6 Å². The van der Waals surface area contributed by atoms with Gasteiger partial charge in [-0.1, -0.05) is 36.6 Å². The second-order valence-electron chi connectivity index (χ2n) is 7.67. The Morgan fingerprint density at radius 2 is 1.93 bits per heavy atom. The summed E-state index contributed by atoms with van der Waals surface area (Å²) in [6.07, 6.45) is 3.37. The van der Waals surface area contributed by atoms with Crippen molar-refractivity contribution in [2.24, 2.45) is 16.1 Å². The zero-order valence-corrected chi connectivity index (χ0v) is 16.9. The van der Waals surface area contributed by atoms with Gasteiger partial charge in [0.2, 0.25) is 0 Å². The van der Waals surface area contributed by atoms with Crippen molar-refractivity contribution in [1.82, 2.24) is 4.98 Å². The minimum atomic E-state index is -3.56. The number of aromatic nitrogens is 1. The van der Waals surface area contributed by atoms with Crippen LogP contribution in [0.15, 0.2) is 40.2 Å². The van der Waals surface area contributed by atoms with Crippen LogP contribution in [0.5, 0.6) is 0 Å². The van der Waals surface area contributed by atoms with Crippen molar-refractivity contribution >= 4 is 27.3 Å². The molecule has 1 aromatic heterocycles. The maximum atomic E-state index is 12.9. The molecule has 0 radical (unpaired) electrons. The van der Waals surface area contributed by atoms with Crippen LogP contribution in [0, 0.1) is 5.41 Å². The minimum absolute atomic E-state index is 0.0593. The number of aliphatic imine (C=N–C) groups is 1. The molecule has 2 aliphatic rings. The molecule has 2 heterocycles. The number of rotatable bonds is 5. The van der Waals surface area contributed by atoms with E-state index < -0.39 is 15.3 Å². The normalized spacial score (nSPS) is 18.1. The molecule has 4 rings (SSSR count). The predicted octanol–water partition coefficient (Wildman–Crippen LogP) is 2.95. The summed E-state index contributed by atoms with van der Waals surface area (Å²) < 4.78 is 25.9. The topological polar surface area (TPSA) is 106 Å². The van der Waals surface area contributed by atoms with Gasteiger partial charge in [0, 0.05) is 23.1 Å². The van der Waals surface area contributed by atoms with Gasteiger partial charge >= 0.3 is 0 Å². The number of nitrogens with two attached hydrogens (primary N) is 1. The Kier molecular flexibility index (Phi) is 4.93. The van der Waals surface area contributed by atoms with Gasteiger partial charge in [0.25, 0.3) is 0 Å². The van der Waals surface area contributed by atoms with Crippen molar-refractivity contribution < 1.29 is 13.5 Å². The molecule has 0 bridgehead atoms. The summed E-state index contributed by atoms with van der Waals surface area (Å²) in [5.74, 6) is 0.342. The molecular formula is C20H22ClN3O3S. The summed E-state index contributed by atoms with van der Waals surface area (Å²) in [5, 5.41) is 10.1. The second kappa shape index (κ2) is 7.13. The molecule has 0 spiro atoms. The lowest BCUT2D eigenvalue weighted by Crippen LogP contribution is -2.31. The van der Waals surface area contributed by atoms with Crippen LogP contribution in [0.4, 0.5) is 0 Å². The number of amidine groups is 1. The van der Waals surface area contributed by atoms with E-state index in [1.54, 1.807) is 12.1 Å². The summed E-state index contributed by atoms with van der Waals surface area (Å²) in [7, 11) is -3.56. The molecule has 1 aromatic carbocycles. The Labute approximate surface area is 169 Å². The van der Waals surface area contributed by atoms with Crippen LogP contribution in [0.25, 0.3) is 11.3 Å². The maximum absolute atomic E-state index is 12.9. The molecule has 0 saturated heterocycles. The highest BCUT2D eigenvalue weighted by Crippen LogP contribution is 2.40. The number of halogens is 1. The number of aliphatic hydroxyl groups is 1. The van der Waals surface area contributed by atoms with E-state index in [-0.39, 0.29) is 17.3 Å². The smallest absolute Gasteiger partial charge is 0.179 e. The number of pyridine rings is 1. The van der Waals surface area contributed by atoms with Gasteiger partial charge in [-0.3, -0.25) is 4.99 Å². The molecule has 148 valence electrons. The Morgan fingerprint density at radius 1 is 1.18 bits per heavy atom. The summed E-state index contributed by atoms with van der Waals surface area (Å²) in [6, 6.07) is 8.45. The summed E-state index contributed by atoms with van der Waals surface area (Å²) in [4.78, 5) is 8.88. The fourth-order valence-corrected chi connectivity index (χ4v) is 6.36. The highest BCUT2D eigenvalue weighted by atomic mass is 35.5. The fraction of sp³-hybridized carbons (Fsp3) is 0.400. The average Bonchev–Trinajstić information content (AvgIpc) is 3.28. The largest absolute Gasteiger partial charge is 0.396 e. The van der Waals surface area contributed by atoms with E-state index in [1.165, 1.54) is 6.07 Å². The van der Waals surface area contributed by atoms with E-state index in [9.17, 15) is 13.5 Å². The Hall–Kier alpha value is -1.96. The van der Waals surface area contributed by atoms with Gasteiger partial charge in [-0.05, 0) is 31.0 Å². The van der Waals surface area contributed by atoms with Crippen LogP contribution in [-0.2, 0) is 16.4 Å². The van der Waals surface area contributed by atoms with Crippen LogP contribution in [-0.4, -0.2) is 36.7 Å². The van der Waals surface area contributed by atoms with Crippen LogP contribution < -0.4 is 5.73 Å². The first kappa shape index (κ1) is 19.4. The first-order valence-corrected chi connectivity index (χ1v) is 11.3. The molecular weight excluding hydrogens is 398 g/mol. The molecule has 1 aliphatic heterocycles. The highest BCUT2D eigenvalue weighted by molar-refractivity contribution is 7.91. The van der Waals surface area contributed by atoms with Gasteiger partial charge in [-0.15, -0.1) is 0 Å². The van der Waals surface area contributed by atoms with Crippen LogP contribution >= 0.6 is 11.6 Å². The number of hydrogen-bond donors (Lipinski definition) is 2. The van der Waals surface area contributed by atoms with Crippen molar-refractivity contribution in [3.8, 4) is 11.3 Å². The van der Waals surface area contributed by atoms with Crippen molar-refractivity contribution in [1.29, 1.82) is 0 Å². The maximum Gasteiger partial charge on any atom is 0.179 e. The lowest BCUT2D eigenvalue weighted by Gasteiger charge is -2.26. The van der Waals surface area contributed by atoms with Crippen molar-refractivity contribution in [3.63, 3.8) is 0 Å². The molecule has 6 nitrogen and oxygen atoms in total. The lowest BCUT2D eigenvalue weighted by atomic mass is 9.90. The van der Waals surface area contributed by atoms with Crippen LogP contribution in [0.1, 0.15) is 36.9 Å². The van der Waals surface area contributed by atoms with E-state index in [0.29, 0.717) is 34.4 Å². The van der Waals surface area contributed by atoms with E-state index in [2.05, 4.69) is 9.98 Å². The van der Waals surface area contributed by atoms with Crippen LogP contribution in [0.2, 0.25) is 5.02 Å². The Bertz CT molecular complexity index is 1060. The zero-order chi connectivity index (χ0) is 19.9. The second-order valence-corrected chi connectivity index (χ2v) is 10.1. The van der Waals surface area contributed by atoms with E-state index >= 15 is 0 Å². The molecule has 0 amide bonds. The summed E-state index contributed by atoms with van der Waals surface area (Å²) in [6.45, 7) is 0.409. The average molecular weight is 420 g/mol.